The molecule has 1 aliphatic carbocycles. The largest absolute Gasteiger partial charge is 0.355 e. The molecular formula is C15H19N5O. The zero-order valence-electron chi connectivity index (χ0n) is 11.8. The van der Waals surface area contributed by atoms with E-state index in [1.54, 1.807) is 0 Å². The quantitative estimate of drug-likeness (QED) is 0.665. The van der Waals surface area contributed by atoms with Crippen molar-refractivity contribution in [1.82, 2.24) is 26.0 Å². The van der Waals surface area contributed by atoms with E-state index in [4.69, 9.17) is 0 Å². The van der Waals surface area contributed by atoms with Crippen molar-refractivity contribution in [2.45, 2.75) is 19.4 Å². The van der Waals surface area contributed by atoms with Crippen LogP contribution in [-0.2, 0) is 11.3 Å². The minimum absolute atomic E-state index is 0.184. The molecular weight excluding hydrogens is 266 g/mol. The van der Waals surface area contributed by atoms with E-state index in [-0.39, 0.29) is 11.8 Å². The Hall–Kier alpha value is -2.21. The first-order valence-corrected chi connectivity index (χ1v) is 7.28. The molecule has 1 saturated carbocycles. The number of amides is 1. The lowest BCUT2D eigenvalue weighted by Gasteiger charge is -2.06. The van der Waals surface area contributed by atoms with E-state index in [0.717, 1.165) is 36.3 Å². The molecule has 0 bridgehead atoms. The smallest absolute Gasteiger partial charge is 0.223 e. The van der Waals surface area contributed by atoms with Gasteiger partial charge in [-0.05, 0) is 12.8 Å². The maximum Gasteiger partial charge on any atom is 0.223 e. The maximum atomic E-state index is 11.5. The monoisotopic (exact) mass is 285 g/mol. The Balaban J connectivity index is 1.45. The SMILES string of the molecule is O=C(NCCNCc1n[nH]nc1-c1ccccc1)C1CC1. The molecule has 1 amide bonds. The second-order valence-corrected chi connectivity index (χ2v) is 5.23. The van der Waals surface area contributed by atoms with Crippen LogP contribution in [0.3, 0.4) is 0 Å². The lowest BCUT2D eigenvalue weighted by Crippen LogP contribution is -2.32. The highest BCUT2D eigenvalue weighted by Gasteiger charge is 2.28. The molecule has 3 N–H and O–H groups in total. The summed E-state index contributed by atoms with van der Waals surface area (Å²) in [5.74, 6) is 0.452. The molecule has 1 aromatic carbocycles. The summed E-state index contributed by atoms with van der Waals surface area (Å²) in [6.07, 6.45) is 2.08. The molecule has 0 spiro atoms. The number of carbonyl (C=O) groups is 1. The third kappa shape index (κ3) is 3.66. The molecule has 1 fully saturated rings. The molecule has 6 heteroatoms. The van der Waals surface area contributed by atoms with Gasteiger partial charge in [0.15, 0.2) is 0 Å². The highest BCUT2D eigenvalue weighted by Crippen LogP contribution is 2.28. The van der Waals surface area contributed by atoms with Crippen LogP contribution in [0.4, 0.5) is 0 Å². The van der Waals surface area contributed by atoms with Crippen molar-refractivity contribution in [3.05, 3.63) is 36.0 Å². The molecule has 1 aromatic heterocycles. The highest BCUT2D eigenvalue weighted by molar-refractivity contribution is 5.80. The van der Waals surface area contributed by atoms with Gasteiger partial charge >= 0.3 is 0 Å². The molecule has 0 atom stereocenters. The number of aromatic amines is 1. The van der Waals surface area contributed by atoms with E-state index in [1.807, 2.05) is 30.3 Å². The number of H-pyrrole nitrogens is 1. The number of aromatic nitrogens is 3. The summed E-state index contributed by atoms with van der Waals surface area (Å²) in [5.41, 5.74) is 2.80. The molecule has 0 radical (unpaired) electrons. The number of rotatable bonds is 7. The molecule has 1 aliphatic rings. The molecule has 2 aromatic rings. The van der Waals surface area contributed by atoms with Gasteiger partial charge in [0.05, 0.1) is 0 Å². The number of hydrogen-bond acceptors (Lipinski definition) is 4. The Morgan fingerprint density at radius 3 is 2.76 bits per heavy atom. The summed E-state index contributed by atoms with van der Waals surface area (Å²) < 4.78 is 0. The van der Waals surface area contributed by atoms with Crippen LogP contribution in [0, 0.1) is 5.92 Å². The lowest BCUT2D eigenvalue weighted by molar-refractivity contribution is -0.122. The fraction of sp³-hybridized carbons (Fsp3) is 0.400. The Morgan fingerprint density at radius 2 is 2.00 bits per heavy atom. The molecule has 6 nitrogen and oxygen atoms in total. The van der Waals surface area contributed by atoms with E-state index in [2.05, 4.69) is 26.0 Å². The van der Waals surface area contributed by atoms with Crippen LogP contribution in [0.1, 0.15) is 18.5 Å². The number of nitrogens with zero attached hydrogens (tertiary/aromatic N) is 2. The van der Waals surface area contributed by atoms with Crippen molar-refractivity contribution in [2.75, 3.05) is 13.1 Å². The lowest BCUT2D eigenvalue weighted by atomic mass is 10.1. The fourth-order valence-corrected chi connectivity index (χ4v) is 2.17. The van der Waals surface area contributed by atoms with Crippen LogP contribution in [-0.4, -0.2) is 34.4 Å². The molecule has 110 valence electrons. The van der Waals surface area contributed by atoms with Gasteiger partial charge in [-0.3, -0.25) is 4.79 Å². The first-order chi connectivity index (χ1) is 10.3. The van der Waals surface area contributed by atoms with Crippen molar-refractivity contribution in [2.24, 2.45) is 5.92 Å². The molecule has 1 heterocycles. The van der Waals surface area contributed by atoms with Crippen molar-refractivity contribution in [3.8, 4) is 11.3 Å². The first kappa shape index (κ1) is 13.8. The summed E-state index contributed by atoms with van der Waals surface area (Å²) >= 11 is 0. The van der Waals surface area contributed by atoms with Gasteiger partial charge in [0.1, 0.15) is 11.4 Å². The average Bonchev–Trinajstić information content (AvgIpc) is 3.27. The Morgan fingerprint density at radius 1 is 1.19 bits per heavy atom. The summed E-state index contributed by atoms with van der Waals surface area (Å²) in [6, 6.07) is 9.96. The molecule has 0 aliphatic heterocycles. The van der Waals surface area contributed by atoms with Gasteiger partial charge < -0.3 is 10.6 Å². The zero-order chi connectivity index (χ0) is 14.5. The van der Waals surface area contributed by atoms with Gasteiger partial charge in [0.2, 0.25) is 5.91 Å². The minimum Gasteiger partial charge on any atom is -0.355 e. The van der Waals surface area contributed by atoms with Crippen molar-refractivity contribution >= 4 is 5.91 Å². The van der Waals surface area contributed by atoms with E-state index >= 15 is 0 Å². The number of nitrogens with one attached hydrogen (secondary N) is 3. The summed E-state index contributed by atoms with van der Waals surface area (Å²) in [5, 5.41) is 17.2. The van der Waals surface area contributed by atoms with Crippen LogP contribution in [0.25, 0.3) is 11.3 Å². The molecule has 0 unspecified atom stereocenters. The van der Waals surface area contributed by atoms with Crippen LogP contribution in [0.2, 0.25) is 0 Å². The zero-order valence-corrected chi connectivity index (χ0v) is 11.8. The van der Waals surface area contributed by atoms with E-state index in [9.17, 15) is 4.79 Å². The van der Waals surface area contributed by atoms with Gasteiger partial charge in [-0.1, -0.05) is 30.3 Å². The normalized spacial score (nSPS) is 14.1. The predicted molar refractivity (Wildman–Crippen MR) is 79.3 cm³/mol. The van der Waals surface area contributed by atoms with Gasteiger partial charge in [0.25, 0.3) is 0 Å². The van der Waals surface area contributed by atoms with Gasteiger partial charge in [0, 0.05) is 31.1 Å². The highest BCUT2D eigenvalue weighted by atomic mass is 16.2. The maximum absolute atomic E-state index is 11.5. The fourth-order valence-electron chi connectivity index (χ4n) is 2.17. The number of benzene rings is 1. The van der Waals surface area contributed by atoms with E-state index < -0.39 is 0 Å². The summed E-state index contributed by atoms with van der Waals surface area (Å²) in [4.78, 5) is 11.5. The van der Waals surface area contributed by atoms with Crippen molar-refractivity contribution in [1.29, 1.82) is 0 Å². The van der Waals surface area contributed by atoms with Gasteiger partial charge in [-0.15, -0.1) is 0 Å². The number of hydrogen-bond donors (Lipinski definition) is 3. The first-order valence-electron chi connectivity index (χ1n) is 7.28. The molecule has 0 saturated heterocycles. The van der Waals surface area contributed by atoms with Gasteiger partial charge in [-0.25, -0.2) is 0 Å². The Bertz CT molecular complexity index is 591. The Labute approximate surface area is 123 Å². The van der Waals surface area contributed by atoms with Crippen LogP contribution < -0.4 is 10.6 Å². The standard InChI is InChI=1S/C15H19N5O/c21-15(12-6-7-12)17-9-8-16-10-13-14(19-20-18-13)11-4-2-1-3-5-11/h1-5,12,16H,6-10H2,(H,17,21)(H,18,19,20). The number of carbonyl (C=O) groups excluding carboxylic acids is 1. The molecule has 3 rings (SSSR count). The summed E-state index contributed by atoms with van der Waals surface area (Å²) in [7, 11) is 0. The summed E-state index contributed by atoms with van der Waals surface area (Å²) in [6.45, 7) is 1.99. The minimum atomic E-state index is 0.184. The Kier molecular flexibility index (Phi) is 4.25. The van der Waals surface area contributed by atoms with Crippen LogP contribution >= 0.6 is 0 Å². The van der Waals surface area contributed by atoms with E-state index in [1.165, 1.54) is 0 Å². The van der Waals surface area contributed by atoms with E-state index in [0.29, 0.717) is 13.1 Å². The third-order valence-corrected chi connectivity index (χ3v) is 3.51. The van der Waals surface area contributed by atoms with Crippen molar-refractivity contribution in [3.63, 3.8) is 0 Å². The topological polar surface area (TPSA) is 82.7 Å². The van der Waals surface area contributed by atoms with Crippen LogP contribution in [0.5, 0.6) is 0 Å². The second kappa shape index (κ2) is 6.49. The van der Waals surface area contributed by atoms with Crippen LogP contribution in [0.15, 0.2) is 30.3 Å². The third-order valence-electron chi connectivity index (χ3n) is 3.51. The average molecular weight is 285 g/mol. The predicted octanol–water partition coefficient (Wildman–Crippen LogP) is 1.09. The molecule has 21 heavy (non-hydrogen) atoms. The van der Waals surface area contributed by atoms with Crippen molar-refractivity contribution < 1.29 is 4.79 Å². The van der Waals surface area contributed by atoms with Gasteiger partial charge in [-0.2, -0.15) is 15.4 Å². The second-order valence-electron chi connectivity index (χ2n) is 5.23.